The van der Waals surface area contributed by atoms with Crippen molar-refractivity contribution in [2.24, 2.45) is 23.6 Å². The molecule has 2 amide bonds. The lowest BCUT2D eigenvalue weighted by Crippen LogP contribution is -2.47. The van der Waals surface area contributed by atoms with Crippen LogP contribution >= 0.6 is 0 Å². The fraction of sp³-hybridized carbons (Fsp3) is 0.550. The third-order valence-corrected chi connectivity index (χ3v) is 3.92. The van der Waals surface area contributed by atoms with Gasteiger partial charge in [-0.15, -0.1) is 0 Å². The highest BCUT2D eigenvalue weighted by molar-refractivity contribution is 5.94. The molecule has 0 bridgehead atoms. The van der Waals surface area contributed by atoms with Gasteiger partial charge in [-0.05, 0) is 45.2 Å². The standard InChI is InChI=1S/C20H31N3O4/c1-13(2)11-15(18(25)23-21)16(19(26)27-20(3,4)5)12-22-17(24)14-9-7-6-8-10-14/h6-10,13,15-16H,11-12,21H2,1-5H3,(H,22,24)(H,23,25)/t15?,16-/m0/s1. The second-order valence-electron chi connectivity index (χ2n) is 7.96. The Morgan fingerprint density at radius 1 is 1.07 bits per heavy atom. The van der Waals surface area contributed by atoms with E-state index in [1.54, 1.807) is 45.0 Å². The molecule has 1 unspecified atom stereocenters. The van der Waals surface area contributed by atoms with E-state index in [9.17, 15) is 14.4 Å². The van der Waals surface area contributed by atoms with Crippen molar-refractivity contribution in [3.63, 3.8) is 0 Å². The van der Waals surface area contributed by atoms with E-state index >= 15 is 0 Å². The highest BCUT2D eigenvalue weighted by atomic mass is 16.6. The zero-order chi connectivity index (χ0) is 20.6. The molecule has 0 saturated heterocycles. The smallest absolute Gasteiger partial charge is 0.312 e. The van der Waals surface area contributed by atoms with Crippen molar-refractivity contribution in [1.29, 1.82) is 0 Å². The monoisotopic (exact) mass is 377 g/mol. The minimum Gasteiger partial charge on any atom is -0.460 e. The molecular formula is C20H31N3O4. The third-order valence-electron chi connectivity index (χ3n) is 3.92. The minimum atomic E-state index is -0.845. The Hall–Kier alpha value is -2.41. The lowest BCUT2D eigenvalue weighted by atomic mass is 9.84. The van der Waals surface area contributed by atoms with Gasteiger partial charge in [-0.25, -0.2) is 5.84 Å². The van der Waals surface area contributed by atoms with Crippen molar-refractivity contribution in [3.05, 3.63) is 35.9 Å². The highest BCUT2D eigenvalue weighted by Gasteiger charge is 2.37. The summed E-state index contributed by atoms with van der Waals surface area (Å²) in [4.78, 5) is 37.4. The summed E-state index contributed by atoms with van der Waals surface area (Å²) in [5, 5.41) is 2.74. The summed E-state index contributed by atoms with van der Waals surface area (Å²) in [5.74, 6) is 2.62. The van der Waals surface area contributed by atoms with Crippen molar-refractivity contribution < 1.29 is 19.1 Å². The maximum atomic E-state index is 12.8. The van der Waals surface area contributed by atoms with E-state index in [0.29, 0.717) is 12.0 Å². The Bertz CT molecular complexity index is 638. The van der Waals surface area contributed by atoms with Crippen molar-refractivity contribution in [3.8, 4) is 0 Å². The van der Waals surface area contributed by atoms with Gasteiger partial charge in [-0.2, -0.15) is 0 Å². The summed E-state index contributed by atoms with van der Waals surface area (Å²) in [5.41, 5.74) is 1.90. The summed E-state index contributed by atoms with van der Waals surface area (Å²) >= 11 is 0. The van der Waals surface area contributed by atoms with Crippen molar-refractivity contribution in [2.75, 3.05) is 6.54 Å². The van der Waals surface area contributed by atoms with E-state index in [1.165, 1.54) is 0 Å². The molecule has 7 heteroatoms. The molecular weight excluding hydrogens is 346 g/mol. The molecule has 4 N–H and O–H groups in total. The minimum absolute atomic E-state index is 0.0204. The Labute approximate surface area is 161 Å². The second-order valence-corrected chi connectivity index (χ2v) is 7.96. The fourth-order valence-corrected chi connectivity index (χ4v) is 2.73. The van der Waals surface area contributed by atoms with Gasteiger partial charge in [0, 0.05) is 12.1 Å². The topological polar surface area (TPSA) is 111 Å². The molecule has 0 aromatic heterocycles. The van der Waals surface area contributed by atoms with E-state index in [0.717, 1.165) is 0 Å². The predicted molar refractivity (Wildman–Crippen MR) is 103 cm³/mol. The van der Waals surface area contributed by atoms with Crippen molar-refractivity contribution in [2.45, 2.75) is 46.6 Å². The van der Waals surface area contributed by atoms with E-state index in [-0.39, 0.29) is 18.4 Å². The van der Waals surface area contributed by atoms with Crippen LogP contribution in [-0.4, -0.2) is 29.9 Å². The maximum Gasteiger partial charge on any atom is 0.312 e. The molecule has 27 heavy (non-hydrogen) atoms. The van der Waals surface area contributed by atoms with Crippen LogP contribution in [0, 0.1) is 17.8 Å². The maximum absolute atomic E-state index is 12.8. The lowest BCUT2D eigenvalue weighted by molar-refractivity contribution is -0.163. The predicted octanol–water partition coefficient (Wildman–Crippen LogP) is 2.03. The van der Waals surface area contributed by atoms with Crippen LogP contribution in [0.4, 0.5) is 0 Å². The van der Waals surface area contributed by atoms with E-state index in [4.69, 9.17) is 10.6 Å². The molecule has 0 aliphatic carbocycles. The molecule has 0 aliphatic rings. The number of esters is 1. The van der Waals surface area contributed by atoms with E-state index in [2.05, 4.69) is 10.7 Å². The van der Waals surface area contributed by atoms with E-state index in [1.807, 2.05) is 19.9 Å². The first kappa shape index (κ1) is 22.6. The van der Waals surface area contributed by atoms with Gasteiger partial charge in [-0.1, -0.05) is 32.0 Å². The summed E-state index contributed by atoms with van der Waals surface area (Å²) in [6.07, 6.45) is 0.439. The first-order valence-electron chi connectivity index (χ1n) is 9.11. The number of carbonyl (C=O) groups excluding carboxylic acids is 3. The average Bonchev–Trinajstić information content (AvgIpc) is 2.58. The van der Waals surface area contributed by atoms with Gasteiger partial charge < -0.3 is 10.1 Å². The molecule has 7 nitrogen and oxygen atoms in total. The van der Waals surface area contributed by atoms with Crippen LogP contribution in [0.3, 0.4) is 0 Å². The summed E-state index contributed by atoms with van der Waals surface area (Å²) in [6, 6.07) is 8.67. The third kappa shape index (κ3) is 7.78. The molecule has 0 aliphatic heterocycles. The van der Waals surface area contributed by atoms with E-state index < -0.39 is 29.3 Å². The lowest BCUT2D eigenvalue weighted by Gasteiger charge is -2.29. The van der Waals surface area contributed by atoms with Gasteiger partial charge in [-0.3, -0.25) is 19.8 Å². The van der Waals surface area contributed by atoms with Gasteiger partial charge in [0.25, 0.3) is 5.91 Å². The number of nitrogens with two attached hydrogens (primary N) is 1. The molecule has 0 spiro atoms. The van der Waals surface area contributed by atoms with Crippen LogP contribution in [0.1, 0.15) is 51.4 Å². The highest BCUT2D eigenvalue weighted by Crippen LogP contribution is 2.24. The first-order valence-corrected chi connectivity index (χ1v) is 9.11. The normalized spacial score (nSPS) is 13.6. The number of nitrogens with one attached hydrogen (secondary N) is 2. The number of carbonyl (C=O) groups is 3. The van der Waals surface area contributed by atoms with Gasteiger partial charge in [0.15, 0.2) is 0 Å². The average molecular weight is 377 g/mol. The molecule has 0 saturated carbocycles. The summed E-state index contributed by atoms with van der Waals surface area (Å²) in [6.45, 7) is 9.14. The zero-order valence-electron chi connectivity index (χ0n) is 16.7. The van der Waals surface area contributed by atoms with Crippen molar-refractivity contribution in [1.82, 2.24) is 10.7 Å². The van der Waals surface area contributed by atoms with Crippen LogP contribution in [0.2, 0.25) is 0 Å². The van der Waals surface area contributed by atoms with Crippen LogP contribution in [0.15, 0.2) is 30.3 Å². The number of rotatable bonds is 8. The molecule has 0 heterocycles. The number of hydrazine groups is 1. The Balaban J connectivity index is 3.02. The Morgan fingerprint density at radius 2 is 1.67 bits per heavy atom. The molecule has 1 aromatic carbocycles. The van der Waals surface area contributed by atoms with Gasteiger partial charge in [0.2, 0.25) is 5.91 Å². The number of hydrogen-bond donors (Lipinski definition) is 3. The number of amides is 2. The van der Waals surface area contributed by atoms with Crippen LogP contribution in [0.25, 0.3) is 0 Å². The quantitative estimate of drug-likeness (QED) is 0.278. The number of hydrogen-bond acceptors (Lipinski definition) is 5. The van der Waals surface area contributed by atoms with Gasteiger partial charge in [0.05, 0.1) is 11.8 Å². The second kappa shape index (κ2) is 10.1. The molecule has 1 rings (SSSR count). The molecule has 0 fully saturated rings. The molecule has 150 valence electrons. The fourth-order valence-electron chi connectivity index (χ4n) is 2.73. The van der Waals surface area contributed by atoms with Crippen LogP contribution in [0.5, 0.6) is 0 Å². The Kier molecular flexibility index (Phi) is 8.43. The zero-order valence-corrected chi connectivity index (χ0v) is 16.7. The largest absolute Gasteiger partial charge is 0.460 e. The molecule has 0 radical (unpaired) electrons. The molecule has 1 aromatic rings. The van der Waals surface area contributed by atoms with Crippen molar-refractivity contribution >= 4 is 17.8 Å². The Morgan fingerprint density at radius 3 is 2.15 bits per heavy atom. The summed E-state index contributed by atoms with van der Waals surface area (Å²) < 4.78 is 5.48. The first-order chi connectivity index (χ1) is 12.5. The number of ether oxygens (including phenoxy) is 1. The molecule has 2 atom stereocenters. The van der Waals surface area contributed by atoms with Crippen LogP contribution < -0.4 is 16.6 Å². The summed E-state index contributed by atoms with van der Waals surface area (Å²) in [7, 11) is 0. The van der Waals surface area contributed by atoms with Gasteiger partial charge in [0.1, 0.15) is 5.60 Å². The van der Waals surface area contributed by atoms with Gasteiger partial charge >= 0.3 is 5.97 Å². The SMILES string of the molecule is CC(C)CC(C(=O)NN)[C@H](CNC(=O)c1ccccc1)C(=O)OC(C)(C)C. The number of benzene rings is 1. The van der Waals surface area contributed by atoms with Crippen LogP contribution in [-0.2, 0) is 14.3 Å².